The van der Waals surface area contributed by atoms with Crippen molar-refractivity contribution in [2.24, 2.45) is 35.5 Å². The van der Waals surface area contributed by atoms with E-state index in [1.807, 2.05) is 0 Å². The Morgan fingerprint density at radius 3 is 1.22 bits per heavy atom. The number of likely N-dealkylation sites (N-methyl/N-ethyl adjacent to an activating group) is 1. The molecule has 0 aromatic rings. The summed E-state index contributed by atoms with van der Waals surface area (Å²) in [5.41, 5.74) is 0. The summed E-state index contributed by atoms with van der Waals surface area (Å²) >= 11 is 0. The summed E-state index contributed by atoms with van der Waals surface area (Å²) in [6.45, 7) is 24.4. The van der Waals surface area contributed by atoms with E-state index in [0.717, 1.165) is 129 Å². The third-order valence-corrected chi connectivity index (χ3v) is 12.6. The molecule has 8 nitrogen and oxygen atoms in total. The average molecular weight is 821 g/mol. The Morgan fingerprint density at radius 2 is 0.828 bits per heavy atom. The minimum absolute atomic E-state index is 0.0227. The van der Waals surface area contributed by atoms with Crippen molar-refractivity contribution >= 4 is 17.9 Å². The van der Waals surface area contributed by atoms with E-state index in [9.17, 15) is 14.4 Å². The van der Waals surface area contributed by atoms with Crippen molar-refractivity contribution in [2.75, 3.05) is 53.0 Å². The first kappa shape index (κ1) is 54.3. The van der Waals surface area contributed by atoms with Gasteiger partial charge in [-0.15, -0.1) is 0 Å². The highest BCUT2D eigenvalue weighted by atomic mass is 16.5. The van der Waals surface area contributed by atoms with E-state index < -0.39 is 0 Å². The van der Waals surface area contributed by atoms with Crippen molar-refractivity contribution in [1.29, 1.82) is 0 Å². The van der Waals surface area contributed by atoms with Crippen molar-refractivity contribution in [1.82, 2.24) is 9.80 Å². The number of nitrogens with zero attached hydrogens (tertiary/aromatic N) is 2. The van der Waals surface area contributed by atoms with Crippen LogP contribution in [-0.4, -0.2) is 86.8 Å². The minimum atomic E-state index is -0.0351. The SMILES string of the molecule is CC(C)CCC(COC(=O)CCCCCCCCCC(CCCCCCCCCC(=O)OCC(CCC(C)C)C(C)C)OC(=O)CCCN1CCN(C)CC1)C(C)C. The maximum Gasteiger partial charge on any atom is 0.306 e. The lowest BCUT2D eigenvalue weighted by molar-refractivity contribution is -0.150. The van der Waals surface area contributed by atoms with Gasteiger partial charge in [0.15, 0.2) is 0 Å². The predicted octanol–water partition coefficient (Wildman–Crippen LogP) is 12.5. The molecular formula is C50H96N2O6. The van der Waals surface area contributed by atoms with Crippen LogP contribution in [0, 0.1) is 35.5 Å². The number of ether oxygens (including phenoxy) is 3. The van der Waals surface area contributed by atoms with Crippen molar-refractivity contribution < 1.29 is 28.6 Å². The third kappa shape index (κ3) is 31.2. The van der Waals surface area contributed by atoms with Crippen LogP contribution in [0.1, 0.15) is 209 Å². The van der Waals surface area contributed by atoms with Crippen LogP contribution in [0.5, 0.6) is 0 Å². The zero-order valence-corrected chi connectivity index (χ0v) is 39.8. The van der Waals surface area contributed by atoms with Crippen molar-refractivity contribution in [3.8, 4) is 0 Å². The molecule has 0 amide bonds. The molecule has 0 aliphatic carbocycles. The largest absolute Gasteiger partial charge is 0.465 e. The fourth-order valence-corrected chi connectivity index (χ4v) is 7.93. The molecule has 2 unspecified atom stereocenters. The lowest BCUT2D eigenvalue weighted by Crippen LogP contribution is -2.44. The molecule has 342 valence electrons. The molecule has 1 heterocycles. The molecule has 0 N–H and O–H groups in total. The van der Waals surface area contributed by atoms with E-state index in [-0.39, 0.29) is 24.0 Å². The van der Waals surface area contributed by atoms with Gasteiger partial charge in [-0.3, -0.25) is 14.4 Å². The number of rotatable bonds is 37. The summed E-state index contributed by atoms with van der Waals surface area (Å²) in [5.74, 6) is 3.26. The summed E-state index contributed by atoms with van der Waals surface area (Å²) in [6, 6.07) is 0. The van der Waals surface area contributed by atoms with Crippen molar-refractivity contribution in [2.45, 2.75) is 216 Å². The molecule has 0 aromatic heterocycles. The molecule has 0 bridgehead atoms. The number of unbranched alkanes of at least 4 members (excludes halogenated alkanes) is 12. The molecule has 8 heteroatoms. The molecular weight excluding hydrogens is 725 g/mol. The van der Waals surface area contributed by atoms with Crippen LogP contribution in [0.2, 0.25) is 0 Å². The van der Waals surface area contributed by atoms with E-state index in [1.54, 1.807) is 0 Å². The summed E-state index contributed by atoms with van der Waals surface area (Å²) < 4.78 is 17.4. The Bertz CT molecular complexity index is 950. The predicted molar refractivity (Wildman–Crippen MR) is 243 cm³/mol. The van der Waals surface area contributed by atoms with Crippen LogP contribution >= 0.6 is 0 Å². The van der Waals surface area contributed by atoms with Crippen LogP contribution < -0.4 is 0 Å². The summed E-state index contributed by atoms with van der Waals surface area (Å²) in [4.78, 5) is 42.4. The Balaban J connectivity index is 2.29. The van der Waals surface area contributed by atoms with Crippen molar-refractivity contribution in [3.63, 3.8) is 0 Å². The van der Waals surface area contributed by atoms with Gasteiger partial charge < -0.3 is 24.0 Å². The number of esters is 3. The van der Waals surface area contributed by atoms with Gasteiger partial charge in [-0.2, -0.15) is 0 Å². The minimum Gasteiger partial charge on any atom is -0.465 e. The molecule has 0 spiro atoms. The topological polar surface area (TPSA) is 85.4 Å². The lowest BCUT2D eigenvalue weighted by Gasteiger charge is -2.32. The Labute approximate surface area is 359 Å². The maximum absolute atomic E-state index is 12.9. The molecule has 1 aliphatic heterocycles. The van der Waals surface area contributed by atoms with Crippen LogP contribution in [0.15, 0.2) is 0 Å². The highest BCUT2D eigenvalue weighted by molar-refractivity contribution is 5.70. The second-order valence-electron chi connectivity index (χ2n) is 19.7. The first-order valence-electron chi connectivity index (χ1n) is 24.7. The Kier molecular flexibility index (Phi) is 32.8. The summed E-state index contributed by atoms with van der Waals surface area (Å²) in [6.07, 6.45) is 24.6. The van der Waals surface area contributed by atoms with Gasteiger partial charge in [-0.25, -0.2) is 0 Å². The molecule has 0 saturated carbocycles. The van der Waals surface area contributed by atoms with E-state index in [1.165, 1.54) is 38.5 Å². The van der Waals surface area contributed by atoms with Crippen LogP contribution in [0.25, 0.3) is 0 Å². The standard InChI is InChI=1S/C50H96N2O6/c1-41(2)30-32-45(43(5)6)39-56-48(53)27-22-18-14-10-12-16-20-25-47(58-50(55)29-24-34-52-37-35-51(9)36-38-52)26-21-17-13-11-15-19-23-28-49(54)57-40-46(44(7)8)33-31-42(3)4/h41-47H,10-40H2,1-9H3. The normalized spacial score (nSPS) is 15.7. The highest BCUT2D eigenvalue weighted by Gasteiger charge is 2.19. The first-order valence-corrected chi connectivity index (χ1v) is 24.7. The molecule has 1 rings (SSSR count). The highest BCUT2D eigenvalue weighted by Crippen LogP contribution is 2.23. The fraction of sp³-hybridized carbons (Fsp3) is 0.940. The molecule has 1 fully saturated rings. The fourth-order valence-electron chi connectivity index (χ4n) is 7.93. The molecule has 0 radical (unpaired) electrons. The van der Waals surface area contributed by atoms with Gasteiger partial charge in [0, 0.05) is 45.4 Å². The maximum atomic E-state index is 12.9. The van der Waals surface area contributed by atoms with Gasteiger partial charge in [0.1, 0.15) is 6.10 Å². The van der Waals surface area contributed by atoms with Gasteiger partial charge in [0.2, 0.25) is 0 Å². The van der Waals surface area contributed by atoms with Crippen molar-refractivity contribution in [3.05, 3.63) is 0 Å². The first-order chi connectivity index (χ1) is 27.8. The summed E-state index contributed by atoms with van der Waals surface area (Å²) in [5, 5.41) is 0. The molecule has 0 aromatic carbocycles. The zero-order valence-electron chi connectivity index (χ0n) is 39.8. The molecule has 2 atom stereocenters. The van der Waals surface area contributed by atoms with Crippen LogP contribution in [0.4, 0.5) is 0 Å². The quantitative estimate of drug-likeness (QED) is 0.0348. The van der Waals surface area contributed by atoms with Gasteiger partial charge in [-0.05, 0) is 107 Å². The number of piperazine rings is 1. The monoisotopic (exact) mass is 821 g/mol. The van der Waals surface area contributed by atoms with Crippen LogP contribution in [-0.2, 0) is 28.6 Å². The number of carbonyl (C=O) groups excluding carboxylic acids is 3. The third-order valence-electron chi connectivity index (χ3n) is 12.6. The van der Waals surface area contributed by atoms with Gasteiger partial charge >= 0.3 is 17.9 Å². The van der Waals surface area contributed by atoms with Gasteiger partial charge in [0.05, 0.1) is 13.2 Å². The number of hydrogen-bond acceptors (Lipinski definition) is 8. The smallest absolute Gasteiger partial charge is 0.306 e. The van der Waals surface area contributed by atoms with Crippen LogP contribution in [0.3, 0.4) is 0 Å². The zero-order chi connectivity index (χ0) is 43.0. The Morgan fingerprint density at radius 1 is 0.448 bits per heavy atom. The van der Waals surface area contributed by atoms with E-state index in [4.69, 9.17) is 14.2 Å². The molecule has 58 heavy (non-hydrogen) atoms. The number of hydrogen-bond donors (Lipinski definition) is 0. The summed E-state index contributed by atoms with van der Waals surface area (Å²) in [7, 11) is 2.17. The van der Waals surface area contributed by atoms with Gasteiger partial charge in [0.25, 0.3) is 0 Å². The molecule has 1 aliphatic rings. The average Bonchev–Trinajstić information content (AvgIpc) is 3.16. The number of carbonyl (C=O) groups is 3. The second-order valence-corrected chi connectivity index (χ2v) is 19.7. The van der Waals surface area contributed by atoms with Gasteiger partial charge in [-0.1, -0.05) is 132 Å². The van der Waals surface area contributed by atoms with E-state index >= 15 is 0 Å². The second kappa shape index (κ2) is 35.0. The lowest BCUT2D eigenvalue weighted by atomic mass is 9.89. The van der Waals surface area contributed by atoms with E-state index in [0.29, 0.717) is 68.0 Å². The molecule has 1 saturated heterocycles. The van der Waals surface area contributed by atoms with E-state index in [2.05, 4.69) is 72.2 Å². The Hall–Kier alpha value is -1.67.